The number of carbonyl (C=O) groups is 1. The average molecular weight is 465 g/mol. The summed E-state index contributed by atoms with van der Waals surface area (Å²) in [4.78, 5) is 40.6. The maximum absolute atomic E-state index is 12.5. The molecule has 1 unspecified atom stereocenters. The number of benzene rings is 2. The van der Waals surface area contributed by atoms with Crippen LogP contribution in [0.3, 0.4) is 0 Å². The molecule has 0 heterocycles. The third kappa shape index (κ3) is 4.76. The van der Waals surface area contributed by atoms with Gasteiger partial charge in [-0.25, -0.2) is 0 Å². The minimum atomic E-state index is -0.679. The Labute approximate surface area is 199 Å². The number of anilines is 4. The van der Waals surface area contributed by atoms with Crippen molar-refractivity contribution in [2.24, 2.45) is 5.41 Å². The SMILES string of the molecule is CN(C)C(=O)c1cccc(Nc2c(NC(c3ccc(N(C)C)cc3)C(C)(C)C)c(=O)c2=O)c1O. The zero-order valence-corrected chi connectivity index (χ0v) is 20.7. The summed E-state index contributed by atoms with van der Waals surface area (Å²) in [7, 11) is 7.09. The minimum Gasteiger partial charge on any atom is -0.505 e. The van der Waals surface area contributed by atoms with Crippen molar-refractivity contribution in [1.29, 1.82) is 0 Å². The highest BCUT2D eigenvalue weighted by atomic mass is 16.3. The Morgan fingerprint density at radius 3 is 2.03 bits per heavy atom. The fourth-order valence-electron chi connectivity index (χ4n) is 3.75. The van der Waals surface area contributed by atoms with Crippen molar-refractivity contribution in [1.82, 2.24) is 4.90 Å². The number of amides is 1. The van der Waals surface area contributed by atoms with Crippen LogP contribution in [0, 0.1) is 5.41 Å². The second-order valence-electron chi connectivity index (χ2n) is 9.86. The lowest BCUT2D eigenvalue weighted by atomic mass is 9.82. The molecule has 0 saturated heterocycles. The van der Waals surface area contributed by atoms with Crippen LogP contribution in [-0.2, 0) is 0 Å². The molecule has 0 aromatic heterocycles. The first-order valence-corrected chi connectivity index (χ1v) is 11.0. The van der Waals surface area contributed by atoms with E-state index in [4.69, 9.17) is 0 Å². The molecule has 0 radical (unpaired) electrons. The number of para-hydroxylation sites is 1. The van der Waals surface area contributed by atoms with E-state index in [2.05, 4.69) is 10.6 Å². The van der Waals surface area contributed by atoms with Crippen LogP contribution in [0.25, 0.3) is 0 Å². The Bertz CT molecular complexity index is 1260. The van der Waals surface area contributed by atoms with Gasteiger partial charge in [-0.1, -0.05) is 39.0 Å². The molecule has 0 saturated carbocycles. The Morgan fingerprint density at radius 1 is 0.912 bits per heavy atom. The predicted molar refractivity (Wildman–Crippen MR) is 137 cm³/mol. The van der Waals surface area contributed by atoms with Crippen molar-refractivity contribution in [2.75, 3.05) is 43.7 Å². The molecule has 3 N–H and O–H groups in total. The monoisotopic (exact) mass is 464 g/mol. The zero-order chi connectivity index (χ0) is 25.4. The molecule has 34 heavy (non-hydrogen) atoms. The van der Waals surface area contributed by atoms with Crippen LogP contribution in [0.15, 0.2) is 52.1 Å². The van der Waals surface area contributed by atoms with E-state index in [-0.39, 0.29) is 45.7 Å². The van der Waals surface area contributed by atoms with Crippen LogP contribution in [0.5, 0.6) is 5.75 Å². The number of rotatable bonds is 7. The number of nitrogens with zero attached hydrogens (tertiary/aromatic N) is 2. The molecule has 0 aliphatic rings. The van der Waals surface area contributed by atoms with Gasteiger partial charge in [0.25, 0.3) is 16.8 Å². The topological polar surface area (TPSA) is 102 Å². The smallest absolute Gasteiger partial charge is 0.257 e. The molecule has 1 atom stereocenters. The van der Waals surface area contributed by atoms with Gasteiger partial charge >= 0.3 is 0 Å². The molecule has 1 amide bonds. The van der Waals surface area contributed by atoms with E-state index in [1.165, 1.54) is 11.0 Å². The van der Waals surface area contributed by atoms with E-state index in [1.807, 2.05) is 64.0 Å². The van der Waals surface area contributed by atoms with Crippen LogP contribution < -0.4 is 26.4 Å². The van der Waals surface area contributed by atoms with Crippen LogP contribution in [-0.4, -0.2) is 44.1 Å². The molecule has 3 aromatic carbocycles. The van der Waals surface area contributed by atoms with Gasteiger partial charge in [0.15, 0.2) is 5.75 Å². The molecule has 0 aliphatic carbocycles. The molecule has 8 nitrogen and oxygen atoms in total. The lowest BCUT2D eigenvalue weighted by Crippen LogP contribution is -2.39. The Morgan fingerprint density at radius 2 is 1.50 bits per heavy atom. The first-order chi connectivity index (χ1) is 15.8. The molecule has 0 aliphatic heterocycles. The molecule has 3 rings (SSSR count). The number of carbonyl (C=O) groups excluding carboxylic acids is 1. The van der Waals surface area contributed by atoms with Gasteiger partial charge in [-0.2, -0.15) is 0 Å². The standard InChI is InChI=1S/C26H32N4O4/c1-26(2,3)24(15-11-13-16(14-12-15)29(4)5)28-20-19(22(32)23(20)33)27-18-10-8-9-17(21(18)31)25(34)30(6)7/h8-14,24,27-28,31H,1-7H3. The maximum Gasteiger partial charge on any atom is 0.257 e. The van der Waals surface area contributed by atoms with Crippen LogP contribution in [0.2, 0.25) is 0 Å². The highest BCUT2D eigenvalue weighted by molar-refractivity contribution is 5.99. The van der Waals surface area contributed by atoms with Gasteiger partial charge in [0.2, 0.25) is 0 Å². The minimum absolute atomic E-state index is 0.0638. The van der Waals surface area contributed by atoms with Crippen molar-refractivity contribution in [3.63, 3.8) is 0 Å². The summed E-state index contributed by atoms with van der Waals surface area (Å²) in [6, 6.07) is 12.4. The molecular formula is C26H32N4O4. The lowest BCUT2D eigenvalue weighted by molar-refractivity contribution is 0.0824. The molecule has 0 spiro atoms. The van der Waals surface area contributed by atoms with Crippen molar-refractivity contribution in [3.05, 3.63) is 74.0 Å². The van der Waals surface area contributed by atoms with Gasteiger partial charge in [-0.3, -0.25) is 14.4 Å². The van der Waals surface area contributed by atoms with E-state index >= 15 is 0 Å². The van der Waals surface area contributed by atoms with Crippen LogP contribution in [0.4, 0.5) is 22.7 Å². The van der Waals surface area contributed by atoms with Crippen molar-refractivity contribution in [3.8, 4) is 5.75 Å². The molecule has 180 valence electrons. The fourth-order valence-corrected chi connectivity index (χ4v) is 3.75. The summed E-state index contributed by atoms with van der Waals surface area (Å²) in [5.41, 5.74) is 0.927. The Hall–Kier alpha value is -3.81. The van der Waals surface area contributed by atoms with E-state index < -0.39 is 10.9 Å². The highest BCUT2D eigenvalue weighted by Crippen LogP contribution is 2.38. The fraction of sp³-hybridized carbons (Fsp3) is 0.346. The average Bonchev–Trinajstić information content (AvgIpc) is 2.78. The van der Waals surface area contributed by atoms with Crippen molar-refractivity contribution in [2.45, 2.75) is 26.8 Å². The molecule has 0 fully saturated rings. The van der Waals surface area contributed by atoms with Gasteiger partial charge in [0, 0.05) is 33.9 Å². The summed E-state index contributed by atoms with van der Waals surface area (Å²) in [6.07, 6.45) is 0. The summed E-state index contributed by atoms with van der Waals surface area (Å²) in [5, 5.41) is 16.7. The van der Waals surface area contributed by atoms with Gasteiger partial charge in [0.05, 0.1) is 17.3 Å². The third-order valence-electron chi connectivity index (χ3n) is 5.74. The second kappa shape index (κ2) is 9.21. The Kier molecular flexibility index (Phi) is 6.72. The van der Waals surface area contributed by atoms with Gasteiger partial charge in [-0.05, 0) is 35.2 Å². The lowest BCUT2D eigenvalue weighted by Gasteiger charge is -2.34. The number of hydrogen-bond donors (Lipinski definition) is 3. The molecule has 3 aromatic rings. The van der Waals surface area contributed by atoms with Gasteiger partial charge < -0.3 is 25.5 Å². The first kappa shape index (κ1) is 24.8. The van der Waals surface area contributed by atoms with E-state index in [1.54, 1.807) is 26.2 Å². The van der Waals surface area contributed by atoms with Crippen LogP contribution >= 0.6 is 0 Å². The summed E-state index contributed by atoms with van der Waals surface area (Å²) in [5.74, 6) is -0.662. The predicted octanol–water partition coefficient (Wildman–Crippen LogP) is 3.70. The maximum atomic E-state index is 12.5. The van der Waals surface area contributed by atoms with Crippen molar-refractivity contribution < 1.29 is 9.90 Å². The normalized spacial score (nSPS) is 12.3. The third-order valence-corrected chi connectivity index (χ3v) is 5.74. The first-order valence-electron chi connectivity index (χ1n) is 11.0. The second-order valence-corrected chi connectivity index (χ2v) is 9.86. The Balaban J connectivity index is 1.95. The zero-order valence-electron chi connectivity index (χ0n) is 20.7. The van der Waals surface area contributed by atoms with Gasteiger partial charge in [0.1, 0.15) is 11.4 Å². The summed E-state index contributed by atoms with van der Waals surface area (Å²) in [6.45, 7) is 6.14. The highest BCUT2D eigenvalue weighted by Gasteiger charge is 2.31. The number of hydrogen-bond acceptors (Lipinski definition) is 7. The number of nitrogens with one attached hydrogen (secondary N) is 2. The number of phenolic OH excluding ortho intramolecular Hbond substituents is 1. The molecule has 0 bridgehead atoms. The molecular weight excluding hydrogens is 432 g/mol. The summed E-state index contributed by atoms with van der Waals surface area (Å²) >= 11 is 0. The number of phenols is 1. The quantitative estimate of drug-likeness (QED) is 0.362. The van der Waals surface area contributed by atoms with Gasteiger partial charge in [-0.15, -0.1) is 0 Å². The van der Waals surface area contributed by atoms with E-state index in [0.717, 1.165) is 11.3 Å². The molecule has 8 heteroatoms. The van der Waals surface area contributed by atoms with E-state index in [9.17, 15) is 19.5 Å². The number of aromatic hydroxyl groups is 1. The van der Waals surface area contributed by atoms with E-state index in [0.29, 0.717) is 0 Å². The van der Waals surface area contributed by atoms with Crippen molar-refractivity contribution >= 4 is 28.7 Å². The largest absolute Gasteiger partial charge is 0.505 e. The summed E-state index contributed by atoms with van der Waals surface area (Å²) < 4.78 is 0. The van der Waals surface area contributed by atoms with Crippen LogP contribution in [0.1, 0.15) is 42.7 Å².